The second kappa shape index (κ2) is 10.3. The zero-order valence-corrected chi connectivity index (χ0v) is 20.6. The SMILES string of the molecule is CC(C)=C/C(C)=C(\C)c1cc2c(=O)n(-c3ccc(NCCN4CCCC4)c(C=N)c3)ccc2o1. The molecule has 3 aromatic rings. The summed E-state index contributed by atoms with van der Waals surface area (Å²) in [7, 11) is 0. The first-order valence-electron chi connectivity index (χ1n) is 12.0. The van der Waals surface area contributed by atoms with E-state index in [1.165, 1.54) is 37.7 Å². The van der Waals surface area contributed by atoms with E-state index in [1.807, 2.05) is 44.2 Å². The number of allylic oxidation sites excluding steroid dienone is 4. The number of fused-ring (bicyclic) bond motifs is 1. The second-order valence-electron chi connectivity index (χ2n) is 9.30. The minimum absolute atomic E-state index is 0.133. The Morgan fingerprint density at radius 1 is 1.12 bits per heavy atom. The smallest absolute Gasteiger partial charge is 0.266 e. The number of anilines is 1. The number of hydrogen-bond donors (Lipinski definition) is 2. The van der Waals surface area contributed by atoms with Crippen molar-refractivity contribution in [3.63, 3.8) is 0 Å². The van der Waals surface area contributed by atoms with E-state index in [-0.39, 0.29) is 5.56 Å². The number of furan rings is 1. The zero-order valence-electron chi connectivity index (χ0n) is 20.6. The molecule has 1 aliphatic heterocycles. The largest absolute Gasteiger partial charge is 0.456 e. The number of benzene rings is 1. The molecule has 4 rings (SSSR count). The molecule has 34 heavy (non-hydrogen) atoms. The van der Waals surface area contributed by atoms with Crippen molar-refractivity contribution >= 4 is 28.4 Å². The van der Waals surface area contributed by atoms with Gasteiger partial charge in [-0.25, -0.2) is 0 Å². The predicted octanol–water partition coefficient (Wildman–Crippen LogP) is 5.85. The maximum Gasteiger partial charge on any atom is 0.266 e. The quantitative estimate of drug-likeness (QED) is 0.328. The van der Waals surface area contributed by atoms with Crippen LogP contribution in [-0.2, 0) is 0 Å². The van der Waals surface area contributed by atoms with Crippen molar-refractivity contribution in [2.45, 2.75) is 40.5 Å². The standard InChI is InChI=1S/C28H34N4O2/c1-19(2)15-20(3)21(4)27-17-24-26(34-27)9-13-32(28(24)33)23-7-8-25(22(16-23)18-29)30-10-14-31-11-5-6-12-31/h7-9,13,15-18,29-30H,5-6,10-12,14H2,1-4H3/b21-20+,29-18?. The summed E-state index contributed by atoms with van der Waals surface area (Å²) < 4.78 is 7.62. The summed E-state index contributed by atoms with van der Waals surface area (Å²) in [6.07, 6.45) is 7.75. The van der Waals surface area contributed by atoms with Crippen molar-refractivity contribution in [2.24, 2.45) is 0 Å². The molecule has 0 unspecified atom stereocenters. The van der Waals surface area contributed by atoms with Crippen molar-refractivity contribution in [3.8, 4) is 5.69 Å². The van der Waals surface area contributed by atoms with Gasteiger partial charge >= 0.3 is 0 Å². The van der Waals surface area contributed by atoms with Gasteiger partial charge in [-0.15, -0.1) is 0 Å². The molecule has 6 nitrogen and oxygen atoms in total. The van der Waals surface area contributed by atoms with Crippen LogP contribution in [0.15, 0.2) is 63.0 Å². The van der Waals surface area contributed by atoms with Crippen LogP contribution in [0, 0.1) is 5.41 Å². The van der Waals surface area contributed by atoms with Gasteiger partial charge in [-0.05, 0) is 95.1 Å². The Hall–Kier alpha value is -3.38. The molecule has 0 aliphatic carbocycles. The summed E-state index contributed by atoms with van der Waals surface area (Å²) in [5.74, 6) is 0.706. The first kappa shape index (κ1) is 23.8. The Morgan fingerprint density at radius 3 is 2.59 bits per heavy atom. The van der Waals surface area contributed by atoms with Gasteiger partial charge in [0.15, 0.2) is 0 Å². The highest BCUT2D eigenvalue weighted by Gasteiger charge is 2.14. The zero-order chi connectivity index (χ0) is 24.2. The maximum absolute atomic E-state index is 13.3. The van der Waals surface area contributed by atoms with Gasteiger partial charge in [0.25, 0.3) is 5.56 Å². The second-order valence-corrected chi connectivity index (χ2v) is 9.30. The minimum Gasteiger partial charge on any atom is -0.456 e. The van der Waals surface area contributed by atoms with Crippen LogP contribution >= 0.6 is 0 Å². The Bertz CT molecular complexity index is 1320. The van der Waals surface area contributed by atoms with Crippen LogP contribution in [0.2, 0.25) is 0 Å². The molecule has 2 aromatic heterocycles. The van der Waals surface area contributed by atoms with E-state index in [9.17, 15) is 4.79 Å². The molecule has 0 atom stereocenters. The summed E-state index contributed by atoms with van der Waals surface area (Å²) in [6.45, 7) is 12.4. The monoisotopic (exact) mass is 458 g/mol. The van der Waals surface area contributed by atoms with Crippen LogP contribution in [0.5, 0.6) is 0 Å². The van der Waals surface area contributed by atoms with E-state index < -0.39 is 0 Å². The molecule has 6 heteroatoms. The average molecular weight is 459 g/mol. The topological polar surface area (TPSA) is 74.3 Å². The van der Waals surface area contributed by atoms with E-state index >= 15 is 0 Å². The maximum atomic E-state index is 13.3. The van der Waals surface area contributed by atoms with E-state index in [2.05, 4.69) is 30.1 Å². The number of aromatic nitrogens is 1. The molecule has 1 fully saturated rings. The Balaban J connectivity index is 1.61. The fraction of sp³-hybridized carbons (Fsp3) is 0.357. The molecule has 1 saturated heterocycles. The van der Waals surface area contributed by atoms with Crippen molar-refractivity contribution in [3.05, 3.63) is 75.4 Å². The van der Waals surface area contributed by atoms with Gasteiger partial charge in [-0.2, -0.15) is 0 Å². The number of hydrogen-bond acceptors (Lipinski definition) is 5. The van der Waals surface area contributed by atoms with Crippen molar-refractivity contribution in [2.75, 3.05) is 31.5 Å². The summed E-state index contributed by atoms with van der Waals surface area (Å²) in [6, 6.07) is 9.41. The Kier molecular flexibility index (Phi) is 7.17. The highest BCUT2D eigenvalue weighted by Crippen LogP contribution is 2.26. The van der Waals surface area contributed by atoms with Gasteiger partial charge in [-0.3, -0.25) is 9.36 Å². The first-order valence-corrected chi connectivity index (χ1v) is 12.0. The first-order chi connectivity index (χ1) is 16.4. The lowest BCUT2D eigenvalue weighted by atomic mass is 10.1. The Morgan fingerprint density at radius 2 is 1.88 bits per heavy atom. The molecule has 3 heterocycles. The highest BCUT2D eigenvalue weighted by atomic mass is 16.3. The van der Waals surface area contributed by atoms with Gasteiger partial charge in [0.05, 0.1) is 5.39 Å². The van der Waals surface area contributed by atoms with Crippen molar-refractivity contribution in [1.82, 2.24) is 9.47 Å². The third-order valence-electron chi connectivity index (χ3n) is 6.46. The van der Waals surface area contributed by atoms with Gasteiger partial charge < -0.3 is 20.0 Å². The van der Waals surface area contributed by atoms with Crippen molar-refractivity contribution in [1.29, 1.82) is 5.41 Å². The number of nitrogens with one attached hydrogen (secondary N) is 2. The molecule has 1 aromatic carbocycles. The fourth-order valence-electron chi connectivity index (χ4n) is 4.49. The molecule has 1 aliphatic rings. The average Bonchev–Trinajstić information content (AvgIpc) is 3.49. The van der Waals surface area contributed by atoms with E-state index in [1.54, 1.807) is 10.8 Å². The molecule has 0 saturated carbocycles. The van der Waals surface area contributed by atoms with Gasteiger partial charge in [0.2, 0.25) is 0 Å². The van der Waals surface area contributed by atoms with E-state index in [0.29, 0.717) is 16.7 Å². The lowest BCUT2D eigenvalue weighted by molar-refractivity contribution is 0.352. The predicted molar refractivity (Wildman–Crippen MR) is 142 cm³/mol. The summed E-state index contributed by atoms with van der Waals surface area (Å²) in [4.78, 5) is 15.8. The van der Waals surface area contributed by atoms with Crippen LogP contribution in [0.3, 0.4) is 0 Å². The molecule has 2 N–H and O–H groups in total. The third kappa shape index (κ3) is 5.07. The van der Waals surface area contributed by atoms with Gasteiger partial charge in [0, 0.05) is 42.4 Å². The highest BCUT2D eigenvalue weighted by molar-refractivity contribution is 5.87. The minimum atomic E-state index is -0.133. The lowest BCUT2D eigenvalue weighted by Gasteiger charge is -2.17. The van der Waals surface area contributed by atoms with Crippen molar-refractivity contribution < 1.29 is 4.42 Å². The summed E-state index contributed by atoms with van der Waals surface area (Å²) in [5, 5.41) is 11.9. The van der Waals surface area contributed by atoms with Crippen LogP contribution in [0.25, 0.3) is 22.2 Å². The normalized spacial score (nSPS) is 14.8. The summed E-state index contributed by atoms with van der Waals surface area (Å²) >= 11 is 0. The summed E-state index contributed by atoms with van der Waals surface area (Å²) in [5.41, 5.74) is 6.18. The number of nitrogens with zero attached hydrogens (tertiary/aromatic N) is 2. The van der Waals surface area contributed by atoms with Crippen LogP contribution in [0.4, 0.5) is 5.69 Å². The van der Waals surface area contributed by atoms with Crippen LogP contribution < -0.4 is 10.9 Å². The van der Waals surface area contributed by atoms with Crippen LogP contribution in [0.1, 0.15) is 51.9 Å². The molecular formula is C28H34N4O2. The number of rotatable bonds is 8. The Labute approximate surface area is 201 Å². The fourth-order valence-corrected chi connectivity index (χ4v) is 4.49. The number of pyridine rings is 1. The molecule has 0 amide bonds. The number of likely N-dealkylation sites (tertiary alicyclic amines) is 1. The third-order valence-corrected chi connectivity index (χ3v) is 6.46. The molecule has 178 valence electrons. The van der Waals surface area contributed by atoms with E-state index in [0.717, 1.165) is 41.2 Å². The molecule has 0 bridgehead atoms. The molecule has 0 spiro atoms. The van der Waals surface area contributed by atoms with Gasteiger partial charge in [-0.1, -0.05) is 11.6 Å². The molecule has 0 radical (unpaired) electrons. The molecular weight excluding hydrogens is 424 g/mol. The van der Waals surface area contributed by atoms with Gasteiger partial charge in [0.1, 0.15) is 11.3 Å². The van der Waals surface area contributed by atoms with E-state index in [4.69, 9.17) is 9.83 Å². The lowest BCUT2D eigenvalue weighted by Crippen LogP contribution is -2.26. The van der Waals surface area contributed by atoms with Crippen LogP contribution in [-0.4, -0.2) is 41.9 Å².